The Morgan fingerprint density at radius 3 is 2.43 bits per heavy atom. The molecule has 6 heteroatoms. The first kappa shape index (κ1) is 15.6. The van der Waals surface area contributed by atoms with E-state index < -0.39 is 17.2 Å². The average Bonchev–Trinajstić information content (AvgIpc) is 2.75. The molecule has 1 aromatic carbocycles. The van der Waals surface area contributed by atoms with Crippen LogP contribution in [0.25, 0.3) is 0 Å². The lowest BCUT2D eigenvalue weighted by atomic mass is 9.78. The van der Waals surface area contributed by atoms with Crippen LogP contribution in [0.4, 0.5) is 4.39 Å². The van der Waals surface area contributed by atoms with Crippen LogP contribution >= 0.6 is 11.3 Å². The van der Waals surface area contributed by atoms with Crippen molar-refractivity contribution in [3.63, 3.8) is 0 Å². The van der Waals surface area contributed by atoms with Crippen LogP contribution in [0.5, 0.6) is 0 Å². The number of rotatable bonds is 5. The number of nitrogens with two attached hydrogens (primary N) is 1. The van der Waals surface area contributed by atoms with E-state index in [1.807, 2.05) is 13.8 Å². The Balaban J connectivity index is 2.46. The summed E-state index contributed by atoms with van der Waals surface area (Å²) >= 11 is 1.47. The Hall–Kier alpha value is -1.79. The molecule has 2 rings (SSSR count). The molecule has 0 bridgehead atoms. The van der Waals surface area contributed by atoms with E-state index in [-0.39, 0.29) is 13.0 Å². The standard InChI is InChI=1S/C15H17FN2O2S/c1-9-10(2)21-13(18-9)7-15(8-17,14(19)20)11-3-5-12(16)6-4-11/h3-6H,7-8,17H2,1-2H3,(H,19,20). The number of carboxylic acid groups (broad SMARTS) is 1. The number of aryl methyl sites for hydroxylation is 2. The molecule has 1 aromatic heterocycles. The van der Waals surface area contributed by atoms with Crippen molar-refractivity contribution in [3.05, 3.63) is 51.2 Å². The molecule has 0 amide bonds. The van der Waals surface area contributed by atoms with Gasteiger partial charge in [0.15, 0.2) is 0 Å². The van der Waals surface area contributed by atoms with Crippen molar-refractivity contribution < 1.29 is 14.3 Å². The number of thiazole rings is 1. The molecule has 21 heavy (non-hydrogen) atoms. The van der Waals surface area contributed by atoms with Gasteiger partial charge in [0.2, 0.25) is 0 Å². The first-order valence-corrected chi connectivity index (χ1v) is 7.33. The predicted octanol–water partition coefficient (Wildman–Crippen LogP) is 2.42. The van der Waals surface area contributed by atoms with Crippen LogP contribution in [-0.2, 0) is 16.6 Å². The Bertz CT molecular complexity index is 635. The van der Waals surface area contributed by atoms with Gasteiger partial charge in [0.05, 0.1) is 10.7 Å². The van der Waals surface area contributed by atoms with E-state index in [9.17, 15) is 14.3 Å². The summed E-state index contributed by atoms with van der Waals surface area (Å²) in [6.07, 6.45) is 0.198. The fraction of sp³-hybridized carbons (Fsp3) is 0.333. The minimum Gasteiger partial charge on any atom is -0.481 e. The van der Waals surface area contributed by atoms with Crippen molar-refractivity contribution in [1.82, 2.24) is 4.98 Å². The predicted molar refractivity (Wildman–Crippen MR) is 80.1 cm³/mol. The summed E-state index contributed by atoms with van der Waals surface area (Å²) in [7, 11) is 0. The van der Waals surface area contributed by atoms with Crippen LogP contribution in [0.2, 0.25) is 0 Å². The van der Waals surface area contributed by atoms with Crippen LogP contribution < -0.4 is 5.73 Å². The number of hydrogen-bond donors (Lipinski definition) is 2. The number of aromatic nitrogens is 1. The second-order valence-electron chi connectivity index (χ2n) is 5.02. The minimum atomic E-state index is -1.29. The van der Waals surface area contributed by atoms with E-state index in [0.717, 1.165) is 15.6 Å². The number of hydrogen-bond acceptors (Lipinski definition) is 4. The fourth-order valence-corrected chi connectivity index (χ4v) is 3.27. The van der Waals surface area contributed by atoms with Gasteiger partial charge in [0, 0.05) is 17.8 Å². The van der Waals surface area contributed by atoms with Gasteiger partial charge in [0.1, 0.15) is 11.2 Å². The summed E-state index contributed by atoms with van der Waals surface area (Å²) in [5.41, 5.74) is 5.87. The highest BCUT2D eigenvalue weighted by Gasteiger charge is 2.40. The molecule has 0 aliphatic heterocycles. The largest absolute Gasteiger partial charge is 0.481 e. The number of benzene rings is 1. The van der Waals surface area contributed by atoms with Crippen molar-refractivity contribution in [2.24, 2.45) is 5.73 Å². The van der Waals surface area contributed by atoms with Crippen LogP contribution in [0.15, 0.2) is 24.3 Å². The van der Waals surface area contributed by atoms with E-state index in [2.05, 4.69) is 4.98 Å². The molecule has 1 atom stereocenters. The summed E-state index contributed by atoms with van der Waals surface area (Å²) in [5.74, 6) is -1.43. The molecule has 0 saturated heterocycles. The first-order valence-electron chi connectivity index (χ1n) is 6.51. The highest BCUT2D eigenvalue weighted by molar-refractivity contribution is 7.11. The van der Waals surface area contributed by atoms with Gasteiger partial charge in [-0.05, 0) is 31.5 Å². The number of carbonyl (C=O) groups is 1. The topological polar surface area (TPSA) is 76.2 Å². The lowest BCUT2D eigenvalue weighted by molar-refractivity contribution is -0.143. The quantitative estimate of drug-likeness (QED) is 0.889. The van der Waals surface area contributed by atoms with Crippen LogP contribution in [0.1, 0.15) is 21.1 Å². The first-order chi connectivity index (χ1) is 9.89. The minimum absolute atomic E-state index is 0.0777. The third-order valence-corrected chi connectivity index (χ3v) is 4.75. The number of aliphatic carboxylic acids is 1. The zero-order chi connectivity index (χ0) is 15.6. The Kier molecular flexibility index (Phi) is 4.39. The van der Waals surface area contributed by atoms with Gasteiger partial charge in [0.25, 0.3) is 0 Å². The highest BCUT2D eigenvalue weighted by atomic mass is 32.1. The molecule has 1 unspecified atom stereocenters. The molecule has 0 radical (unpaired) electrons. The van der Waals surface area contributed by atoms with E-state index in [4.69, 9.17) is 5.73 Å². The summed E-state index contributed by atoms with van der Waals surface area (Å²) in [6, 6.07) is 5.45. The number of carboxylic acids is 1. The maximum Gasteiger partial charge on any atom is 0.315 e. The summed E-state index contributed by atoms with van der Waals surface area (Å²) in [5, 5.41) is 10.4. The van der Waals surface area contributed by atoms with Crippen LogP contribution in [0.3, 0.4) is 0 Å². The van der Waals surface area contributed by atoms with Crippen molar-refractivity contribution in [2.45, 2.75) is 25.7 Å². The van der Waals surface area contributed by atoms with Gasteiger partial charge < -0.3 is 10.8 Å². The lowest BCUT2D eigenvalue weighted by Crippen LogP contribution is -2.45. The van der Waals surface area contributed by atoms with Crippen LogP contribution in [0, 0.1) is 19.7 Å². The highest BCUT2D eigenvalue weighted by Crippen LogP contribution is 2.31. The maximum atomic E-state index is 13.1. The third kappa shape index (κ3) is 2.96. The van der Waals surface area contributed by atoms with Gasteiger partial charge in [-0.15, -0.1) is 11.3 Å². The lowest BCUT2D eigenvalue weighted by Gasteiger charge is -2.27. The molecule has 0 fully saturated rings. The second-order valence-corrected chi connectivity index (χ2v) is 6.31. The summed E-state index contributed by atoms with van der Waals surface area (Å²) < 4.78 is 13.1. The number of nitrogens with zero attached hydrogens (tertiary/aromatic N) is 1. The van der Waals surface area contributed by atoms with Gasteiger partial charge in [-0.3, -0.25) is 4.79 Å². The molecule has 0 saturated carbocycles. The van der Waals surface area contributed by atoms with E-state index in [0.29, 0.717) is 5.56 Å². The maximum absolute atomic E-state index is 13.1. The van der Waals surface area contributed by atoms with Gasteiger partial charge in [-0.1, -0.05) is 12.1 Å². The van der Waals surface area contributed by atoms with Crippen molar-refractivity contribution in [1.29, 1.82) is 0 Å². The van der Waals surface area contributed by atoms with Crippen LogP contribution in [-0.4, -0.2) is 22.6 Å². The molecule has 112 valence electrons. The molecule has 4 nitrogen and oxygen atoms in total. The smallest absolute Gasteiger partial charge is 0.315 e. The van der Waals surface area contributed by atoms with E-state index >= 15 is 0 Å². The molecule has 3 N–H and O–H groups in total. The zero-order valence-corrected chi connectivity index (χ0v) is 12.7. The zero-order valence-electron chi connectivity index (χ0n) is 11.9. The Labute approximate surface area is 126 Å². The summed E-state index contributed by atoms with van der Waals surface area (Å²) in [4.78, 5) is 17.3. The normalized spacial score (nSPS) is 13.9. The number of halogens is 1. The van der Waals surface area contributed by atoms with Crippen molar-refractivity contribution >= 4 is 17.3 Å². The molecular formula is C15H17FN2O2S. The molecule has 0 aliphatic carbocycles. The van der Waals surface area contributed by atoms with Gasteiger partial charge >= 0.3 is 5.97 Å². The monoisotopic (exact) mass is 308 g/mol. The van der Waals surface area contributed by atoms with Gasteiger partial charge in [-0.25, -0.2) is 9.37 Å². The Morgan fingerprint density at radius 1 is 1.38 bits per heavy atom. The molecule has 0 spiro atoms. The van der Waals surface area contributed by atoms with E-state index in [1.165, 1.54) is 35.6 Å². The Morgan fingerprint density at radius 2 is 2.00 bits per heavy atom. The molecule has 1 heterocycles. The molecular weight excluding hydrogens is 291 g/mol. The third-order valence-electron chi connectivity index (χ3n) is 3.68. The fourth-order valence-electron chi connectivity index (χ4n) is 2.22. The SMILES string of the molecule is Cc1nc(CC(CN)(C(=O)O)c2ccc(F)cc2)sc1C. The van der Waals surface area contributed by atoms with Crippen molar-refractivity contribution in [3.8, 4) is 0 Å². The van der Waals surface area contributed by atoms with Gasteiger partial charge in [-0.2, -0.15) is 0 Å². The second kappa shape index (κ2) is 5.91. The van der Waals surface area contributed by atoms with Crippen molar-refractivity contribution in [2.75, 3.05) is 6.54 Å². The summed E-state index contributed by atoms with van der Waals surface area (Å²) in [6.45, 7) is 3.75. The molecule has 0 aliphatic rings. The average molecular weight is 308 g/mol. The molecule has 2 aromatic rings. The van der Waals surface area contributed by atoms with E-state index in [1.54, 1.807) is 0 Å².